The Morgan fingerprint density at radius 1 is 1.05 bits per heavy atom. The molecular weight excluding hydrogens is 572 g/mol. The quantitative estimate of drug-likeness (QED) is 0.240. The summed E-state index contributed by atoms with van der Waals surface area (Å²) < 4.78 is 89.4. The lowest BCUT2D eigenvalue weighted by atomic mass is 10.0. The molecule has 7 nitrogen and oxygen atoms in total. The van der Waals surface area contributed by atoms with E-state index in [-0.39, 0.29) is 19.0 Å². The van der Waals surface area contributed by atoms with Crippen LogP contribution in [0.3, 0.4) is 0 Å². The summed E-state index contributed by atoms with van der Waals surface area (Å²) in [6, 6.07) is 15.6. The number of ether oxygens (including phenoxy) is 1. The molecule has 5 rings (SSSR count). The van der Waals surface area contributed by atoms with Gasteiger partial charge in [-0.3, -0.25) is 0 Å². The van der Waals surface area contributed by atoms with Crippen LogP contribution < -0.4 is 9.57 Å². The molecule has 1 aliphatic rings. The molecule has 0 radical (unpaired) electrons. The van der Waals surface area contributed by atoms with Gasteiger partial charge in [0.25, 0.3) is 10.0 Å². The van der Waals surface area contributed by atoms with Gasteiger partial charge in [0.15, 0.2) is 0 Å². The number of hydrogen-bond donors (Lipinski definition) is 1. The number of hydrazine groups is 1. The van der Waals surface area contributed by atoms with E-state index in [4.69, 9.17) is 9.84 Å². The molecule has 2 heterocycles. The Labute approximate surface area is 241 Å². The number of aryl methyl sites for hydroxylation is 1. The number of para-hydroxylation sites is 1. The fourth-order valence-corrected chi connectivity index (χ4v) is 6.30. The summed E-state index contributed by atoms with van der Waals surface area (Å²) >= 11 is 0. The standard InChI is InChI=1S/C30H30F4N4O3S/c1-19(2)18-41-26-12-6-8-20(3)28(26)38-29(21-9-7-10-22(31)16-21)23-17-37(15-14-25(23)35-38)36-42(39,40)27-13-5-4-11-24(27)30(32,33)34/h4-13,16,19,36H,14-15,17-18H2,1-3H3. The lowest BCUT2D eigenvalue weighted by Gasteiger charge is -2.27. The van der Waals surface area contributed by atoms with Crippen molar-refractivity contribution in [3.8, 4) is 22.7 Å². The van der Waals surface area contributed by atoms with Crippen LogP contribution in [0.4, 0.5) is 17.6 Å². The lowest BCUT2D eigenvalue weighted by molar-refractivity contribution is -0.139. The molecular formula is C30H30F4N4O3S. The summed E-state index contributed by atoms with van der Waals surface area (Å²) in [7, 11) is -4.59. The molecule has 1 aromatic heterocycles. The van der Waals surface area contributed by atoms with E-state index in [1.54, 1.807) is 16.8 Å². The first kappa shape index (κ1) is 29.7. The van der Waals surface area contributed by atoms with Crippen LogP contribution >= 0.6 is 0 Å². The van der Waals surface area contributed by atoms with Crippen LogP contribution in [0, 0.1) is 18.7 Å². The van der Waals surface area contributed by atoms with Gasteiger partial charge in [-0.1, -0.05) is 50.2 Å². The Hall–Kier alpha value is -3.74. The number of fused-ring (bicyclic) bond motifs is 1. The van der Waals surface area contributed by atoms with Gasteiger partial charge in [0, 0.05) is 30.6 Å². The molecule has 0 saturated carbocycles. The molecule has 42 heavy (non-hydrogen) atoms. The topological polar surface area (TPSA) is 76.5 Å². The highest BCUT2D eigenvalue weighted by Gasteiger charge is 2.38. The van der Waals surface area contributed by atoms with Crippen molar-refractivity contribution < 1.29 is 30.7 Å². The number of nitrogens with one attached hydrogen (secondary N) is 1. The Kier molecular flexibility index (Phi) is 8.15. The molecule has 0 saturated heterocycles. The summed E-state index contributed by atoms with van der Waals surface area (Å²) in [5, 5.41) is 6.21. The normalized spacial score (nSPS) is 14.3. The van der Waals surface area contributed by atoms with Crippen molar-refractivity contribution in [1.29, 1.82) is 0 Å². The maximum absolute atomic E-state index is 14.5. The van der Waals surface area contributed by atoms with Gasteiger partial charge in [-0.15, -0.1) is 4.83 Å². The fourth-order valence-electron chi connectivity index (χ4n) is 4.98. The molecule has 4 aromatic rings. The Balaban J connectivity index is 1.58. The number of alkyl halides is 3. The number of halogens is 4. The van der Waals surface area contributed by atoms with Crippen molar-refractivity contribution in [2.45, 2.75) is 44.8 Å². The van der Waals surface area contributed by atoms with Crippen molar-refractivity contribution in [3.05, 3.63) is 94.9 Å². The van der Waals surface area contributed by atoms with Gasteiger partial charge >= 0.3 is 6.18 Å². The van der Waals surface area contributed by atoms with Crippen molar-refractivity contribution in [1.82, 2.24) is 19.6 Å². The number of aromatic nitrogens is 2. The average Bonchev–Trinajstić information content (AvgIpc) is 3.29. The summed E-state index contributed by atoms with van der Waals surface area (Å²) in [6.45, 7) is 6.58. The van der Waals surface area contributed by atoms with Crippen LogP contribution in [-0.2, 0) is 29.2 Å². The minimum atomic E-state index is -4.85. The van der Waals surface area contributed by atoms with Gasteiger partial charge in [0.1, 0.15) is 17.3 Å². The van der Waals surface area contributed by atoms with Gasteiger partial charge in [0.2, 0.25) is 0 Å². The third-order valence-electron chi connectivity index (χ3n) is 6.85. The first-order chi connectivity index (χ1) is 19.8. The third-order valence-corrected chi connectivity index (χ3v) is 8.28. The molecule has 1 N–H and O–H groups in total. The third kappa shape index (κ3) is 6.06. The molecule has 3 aromatic carbocycles. The Bertz CT molecular complexity index is 1720. The molecule has 0 aliphatic carbocycles. The maximum Gasteiger partial charge on any atom is 0.417 e. The van der Waals surface area contributed by atoms with E-state index in [0.29, 0.717) is 47.0 Å². The van der Waals surface area contributed by atoms with Gasteiger partial charge < -0.3 is 4.74 Å². The lowest BCUT2D eigenvalue weighted by Crippen LogP contribution is -2.45. The second-order valence-corrected chi connectivity index (χ2v) is 12.2. The van der Waals surface area contributed by atoms with Crippen molar-refractivity contribution >= 4 is 10.0 Å². The van der Waals surface area contributed by atoms with E-state index in [9.17, 15) is 26.0 Å². The zero-order valence-corrected chi connectivity index (χ0v) is 24.1. The van der Waals surface area contributed by atoms with E-state index >= 15 is 0 Å². The highest BCUT2D eigenvalue weighted by atomic mass is 32.2. The second-order valence-electron chi connectivity index (χ2n) is 10.6. The number of hydrogen-bond acceptors (Lipinski definition) is 5. The van der Waals surface area contributed by atoms with Crippen LogP contribution in [0.2, 0.25) is 0 Å². The predicted octanol–water partition coefficient (Wildman–Crippen LogP) is 6.29. The number of rotatable bonds is 8. The minimum Gasteiger partial charge on any atom is -0.491 e. The van der Waals surface area contributed by atoms with Crippen LogP contribution in [-0.4, -0.2) is 36.4 Å². The van der Waals surface area contributed by atoms with E-state index in [2.05, 4.69) is 4.83 Å². The second kappa shape index (κ2) is 11.5. The molecule has 12 heteroatoms. The molecule has 0 amide bonds. The van der Waals surface area contributed by atoms with E-state index in [1.165, 1.54) is 23.2 Å². The molecule has 0 unspecified atom stereocenters. The summed E-state index contributed by atoms with van der Waals surface area (Å²) in [5.74, 6) is 0.380. The fraction of sp³-hybridized carbons (Fsp3) is 0.300. The van der Waals surface area contributed by atoms with Gasteiger partial charge in [-0.2, -0.15) is 18.3 Å². The molecule has 0 atom stereocenters. The highest BCUT2D eigenvalue weighted by Crippen LogP contribution is 2.38. The van der Waals surface area contributed by atoms with Crippen LogP contribution in [0.1, 0.15) is 36.2 Å². The predicted molar refractivity (Wildman–Crippen MR) is 150 cm³/mol. The summed E-state index contributed by atoms with van der Waals surface area (Å²) in [5.41, 5.74) is 2.60. The molecule has 0 spiro atoms. The van der Waals surface area contributed by atoms with Crippen LogP contribution in [0.15, 0.2) is 71.6 Å². The Morgan fingerprint density at radius 3 is 2.50 bits per heavy atom. The molecule has 222 valence electrons. The first-order valence-electron chi connectivity index (χ1n) is 13.4. The van der Waals surface area contributed by atoms with Crippen molar-refractivity contribution in [2.75, 3.05) is 13.2 Å². The van der Waals surface area contributed by atoms with Crippen molar-refractivity contribution in [2.24, 2.45) is 5.92 Å². The van der Waals surface area contributed by atoms with Crippen molar-refractivity contribution in [3.63, 3.8) is 0 Å². The largest absolute Gasteiger partial charge is 0.491 e. The first-order valence-corrected chi connectivity index (χ1v) is 14.9. The maximum atomic E-state index is 14.5. The molecule has 1 aliphatic heterocycles. The molecule has 0 bridgehead atoms. The summed E-state index contributed by atoms with van der Waals surface area (Å²) in [4.78, 5) is 1.46. The zero-order chi connectivity index (χ0) is 30.2. The van der Waals surface area contributed by atoms with Gasteiger partial charge in [-0.05, 0) is 48.7 Å². The number of benzene rings is 3. The van der Waals surface area contributed by atoms with Crippen LogP contribution in [0.25, 0.3) is 16.9 Å². The Morgan fingerprint density at radius 2 is 1.79 bits per heavy atom. The zero-order valence-electron chi connectivity index (χ0n) is 23.2. The minimum absolute atomic E-state index is 0.0112. The highest BCUT2D eigenvalue weighted by molar-refractivity contribution is 7.89. The number of sulfonamides is 1. The van der Waals surface area contributed by atoms with E-state index < -0.39 is 32.5 Å². The summed E-state index contributed by atoms with van der Waals surface area (Å²) in [6.07, 6.45) is -4.56. The van der Waals surface area contributed by atoms with Gasteiger partial charge in [-0.25, -0.2) is 22.5 Å². The molecule has 0 fully saturated rings. The number of nitrogens with zero attached hydrogens (tertiary/aromatic N) is 3. The smallest absolute Gasteiger partial charge is 0.417 e. The average molecular weight is 603 g/mol. The van der Waals surface area contributed by atoms with E-state index in [0.717, 1.165) is 23.8 Å². The van der Waals surface area contributed by atoms with Gasteiger partial charge in [0.05, 0.1) is 28.5 Å². The monoisotopic (exact) mass is 602 g/mol. The van der Waals surface area contributed by atoms with E-state index in [1.807, 2.05) is 39.0 Å². The van der Waals surface area contributed by atoms with Crippen LogP contribution in [0.5, 0.6) is 5.75 Å². The SMILES string of the molecule is Cc1cccc(OCC(C)C)c1-n1nc2c(c1-c1cccc(F)c1)CN(NS(=O)(=O)c1ccccc1C(F)(F)F)CC2.